The first kappa shape index (κ1) is 16.5. The van der Waals surface area contributed by atoms with Gasteiger partial charge >= 0.3 is 0 Å². The Balaban J connectivity index is 1.62. The van der Waals surface area contributed by atoms with Crippen LogP contribution in [0.3, 0.4) is 0 Å². The van der Waals surface area contributed by atoms with Gasteiger partial charge in [0.1, 0.15) is 0 Å². The Hall–Kier alpha value is -2.40. The first-order valence-electron chi connectivity index (χ1n) is 8.87. The third kappa shape index (κ3) is 3.74. The smallest absolute Gasteiger partial charge is 0.166 e. The van der Waals surface area contributed by atoms with Crippen LogP contribution in [0, 0.1) is 23.2 Å². The summed E-state index contributed by atoms with van der Waals surface area (Å²) >= 11 is 0. The number of hydrogen-bond acceptors (Lipinski definition) is 2. The number of ketones is 1. The molecule has 2 unspecified atom stereocenters. The van der Waals surface area contributed by atoms with Gasteiger partial charge < -0.3 is 0 Å². The van der Waals surface area contributed by atoms with Gasteiger partial charge in [0.2, 0.25) is 0 Å². The normalized spacial score (nSPS) is 18.8. The molecule has 2 nitrogen and oxygen atoms in total. The van der Waals surface area contributed by atoms with Crippen LogP contribution in [0.15, 0.2) is 48.5 Å². The summed E-state index contributed by atoms with van der Waals surface area (Å²) in [6, 6.07) is 17.5. The minimum Gasteiger partial charge on any atom is -0.294 e. The Morgan fingerprint density at radius 3 is 2.25 bits per heavy atom. The molecule has 0 N–H and O–H groups in total. The topological polar surface area (TPSA) is 40.9 Å². The Kier molecular flexibility index (Phi) is 5.11. The second-order valence-corrected chi connectivity index (χ2v) is 6.73. The van der Waals surface area contributed by atoms with Crippen molar-refractivity contribution in [3.05, 3.63) is 59.7 Å². The summed E-state index contributed by atoms with van der Waals surface area (Å²) in [5.41, 5.74) is 3.63. The predicted molar refractivity (Wildman–Crippen MR) is 96.7 cm³/mol. The van der Waals surface area contributed by atoms with Gasteiger partial charge in [-0.2, -0.15) is 5.26 Å². The summed E-state index contributed by atoms with van der Waals surface area (Å²) in [4.78, 5) is 12.5. The van der Waals surface area contributed by atoms with Crippen molar-refractivity contribution < 1.29 is 4.79 Å². The number of hydrogen-bond donors (Lipinski definition) is 0. The lowest BCUT2D eigenvalue weighted by Crippen LogP contribution is -2.03. The van der Waals surface area contributed by atoms with Gasteiger partial charge in [-0.15, -0.1) is 0 Å². The van der Waals surface area contributed by atoms with Crippen LogP contribution in [-0.2, 0) is 0 Å². The molecule has 0 heterocycles. The molecule has 2 heteroatoms. The van der Waals surface area contributed by atoms with Gasteiger partial charge in [0, 0.05) is 11.5 Å². The first-order valence-corrected chi connectivity index (χ1v) is 8.87. The number of rotatable bonds is 7. The van der Waals surface area contributed by atoms with Crippen molar-refractivity contribution in [2.24, 2.45) is 11.8 Å². The summed E-state index contributed by atoms with van der Waals surface area (Å²) in [5, 5.41) is 8.86. The van der Waals surface area contributed by atoms with E-state index >= 15 is 0 Å². The molecule has 122 valence electrons. The van der Waals surface area contributed by atoms with Crippen molar-refractivity contribution in [1.29, 1.82) is 5.26 Å². The Bertz CT molecular complexity index is 737. The lowest BCUT2D eigenvalue weighted by atomic mass is 9.99. The van der Waals surface area contributed by atoms with Crippen LogP contribution in [0.2, 0.25) is 0 Å². The predicted octanol–water partition coefficient (Wildman–Crippen LogP) is 5.62. The fourth-order valence-electron chi connectivity index (χ4n) is 3.32. The molecule has 1 aliphatic carbocycles. The molecule has 0 saturated heterocycles. The maximum absolute atomic E-state index is 12.5. The number of benzene rings is 2. The van der Waals surface area contributed by atoms with Crippen molar-refractivity contribution in [2.75, 3.05) is 0 Å². The van der Waals surface area contributed by atoms with Crippen LogP contribution in [0.1, 0.15) is 54.9 Å². The van der Waals surface area contributed by atoms with E-state index in [-0.39, 0.29) is 5.92 Å². The highest BCUT2D eigenvalue weighted by Gasteiger charge is 2.42. The quantitative estimate of drug-likeness (QED) is 0.491. The number of unbranched alkanes of at least 4 members (excludes halogenated alkanes) is 2. The summed E-state index contributed by atoms with van der Waals surface area (Å²) in [7, 11) is 0. The fraction of sp³-hybridized carbons (Fsp3) is 0.364. The summed E-state index contributed by atoms with van der Waals surface area (Å²) < 4.78 is 0. The van der Waals surface area contributed by atoms with Gasteiger partial charge in [-0.1, -0.05) is 62.6 Å². The van der Waals surface area contributed by atoms with Gasteiger partial charge in [-0.05, 0) is 42.0 Å². The average Bonchev–Trinajstić information content (AvgIpc) is 3.41. The third-order valence-corrected chi connectivity index (χ3v) is 4.95. The molecule has 2 aromatic carbocycles. The maximum Gasteiger partial charge on any atom is 0.166 e. The molecule has 1 aliphatic rings. The first-order chi connectivity index (χ1) is 11.7. The van der Waals surface area contributed by atoms with E-state index in [1.807, 2.05) is 48.5 Å². The van der Waals surface area contributed by atoms with Crippen LogP contribution >= 0.6 is 0 Å². The summed E-state index contributed by atoms with van der Waals surface area (Å²) in [6.45, 7) is 2.21. The molecule has 0 radical (unpaired) electrons. The zero-order valence-corrected chi connectivity index (χ0v) is 14.2. The lowest BCUT2D eigenvalue weighted by molar-refractivity contribution is 0.0960. The van der Waals surface area contributed by atoms with Crippen molar-refractivity contribution in [2.45, 2.75) is 39.0 Å². The number of Topliss-reactive ketones (excluding diaryl/α,β-unsaturated/α-hetero) is 1. The number of nitrogens with zero attached hydrogens (tertiary/aromatic N) is 1. The fourth-order valence-corrected chi connectivity index (χ4v) is 3.32. The van der Waals surface area contributed by atoms with E-state index in [0.29, 0.717) is 17.3 Å². The van der Waals surface area contributed by atoms with E-state index in [1.165, 1.54) is 25.7 Å². The zero-order valence-electron chi connectivity index (χ0n) is 14.2. The van der Waals surface area contributed by atoms with E-state index < -0.39 is 0 Å². The highest BCUT2D eigenvalue weighted by Crippen LogP contribution is 2.44. The maximum atomic E-state index is 12.5. The van der Waals surface area contributed by atoms with E-state index in [0.717, 1.165) is 23.1 Å². The van der Waals surface area contributed by atoms with Gasteiger partial charge in [0.25, 0.3) is 0 Å². The molecule has 2 aromatic rings. The van der Waals surface area contributed by atoms with Crippen LogP contribution in [0.25, 0.3) is 11.1 Å². The zero-order chi connectivity index (χ0) is 16.9. The molecule has 0 bridgehead atoms. The van der Waals surface area contributed by atoms with Gasteiger partial charge in [0.15, 0.2) is 5.78 Å². The Morgan fingerprint density at radius 1 is 1.04 bits per heavy atom. The van der Waals surface area contributed by atoms with Crippen LogP contribution in [-0.4, -0.2) is 5.78 Å². The average molecular weight is 317 g/mol. The highest BCUT2D eigenvalue weighted by molar-refractivity contribution is 6.00. The van der Waals surface area contributed by atoms with Crippen LogP contribution in [0.4, 0.5) is 0 Å². The SMILES string of the molecule is CCCCCC1CC1C(=O)c1ccc(-c2ccc(C#N)cc2)cc1. The van der Waals surface area contributed by atoms with Crippen LogP contribution < -0.4 is 0 Å². The van der Waals surface area contributed by atoms with E-state index in [9.17, 15) is 4.79 Å². The van der Waals surface area contributed by atoms with Crippen molar-refractivity contribution in [3.8, 4) is 17.2 Å². The monoisotopic (exact) mass is 317 g/mol. The molecule has 0 aliphatic heterocycles. The van der Waals surface area contributed by atoms with Gasteiger partial charge in [0.05, 0.1) is 11.6 Å². The molecule has 0 spiro atoms. The lowest BCUT2D eigenvalue weighted by Gasteiger charge is -2.05. The van der Waals surface area contributed by atoms with Gasteiger partial charge in [-0.25, -0.2) is 0 Å². The van der Waals surface area contributed by atoms with E-state index in [2.05, 4.69) is 13.0 Å². The molecular formula is C22H23NO. The molecular weight excluding hydrogens is 294 g/mol. The van der Waals surface area contributed by atoms with Crippen LogP contribution in [0.5, 0.6) is 0 Å². The standard InChI is InChI=1S/C22H23NO/c1-2-3-4-5-20-14-21(20)22(24)19-12-10-18(11-13-19)17-8-6-16(15-23)7-9-17/h6-13,20-21H,2-5,14H2,1H3. The van der Waals surface area contributed by atoms with Crippen molar-refractivity contribution >= 4 is 5.78 Å². The molecule has 2 atom stereocenters. The molecule has 1 fully saturated rings. The Morgan fingerprint density at radius 2 is 1.67 bits per heavy atom. The third-order valence-electron chi connectivity index (χ3n) is 4.95. The summed E-state index contributed by atoms with van der Waals surface area (Å²) in [5.74, 6) is 1.17. The minimum atomic E-state index is 0.252. The van der Waals surface area contributed by atoms with E-state index in [1.54, 1.807) is 0 Å². The van der Waals surface area contributed by atoms with E-state index in [4.69, 9.17) is 5.26 Å². The second kappa shape index (κ2) is 7.45. The molecule has 1 saturated carbocycles. The number of nitriles is 1. The molecule has 0 aromatic heterocycles. The molecule has 0 amide bonds. The minimum absolute atomic E-state index is 0.252. The highest BCUT2D eigenvalue weighted by atomic mass is 16.1. The molecule has 24 heavy (non-hydrogen) atoms. The number of carbonyl (C=O) groups excluding carboxylic acids is 1. The number of carbonyl (C=O) groups is 1. The van der Waals surface area contributed by atoms with Crippen molar-refractivity contribution in [3.63, 3.8) is 0 Å². The van der Waals surface area contributed by atoms with Gasteiger partial charge in [-0.3, -0.25) is 4.79 Å². The summed E-state index contributed by atoms with van der Waals surface area (Å²) in [6.07, 6.45) is 6.04. The van der Waals surface area contributed by atoms with Crippen molar-refractivity contribution in [1.82, 2.24) is 0 Å². The largest absolute Gasteiger partial charge is 0.294 e. The molecule has 3 rings (SSSR count). The Labute approximate surface area is 144 Å². The second-order valence-electron chi connectivity index (χ2n) is 6.73.